The molecule has 1 N–H and O–H groups in total. The van der Waals surface area contributed by atoms with Crippen LogP contribution in [0.25, 0.3) is 0 Å². The monoisotopic (exact) mass is 246 g/mol. The van der Waals surface area contributed by atoms with Gasteiger partial charge in [0.25, 0.3) is 0 Å². The molecule has 4 nitrogen and oxygen atoms in total. The van der Waals surface area contributed by atoms with Crippen molar-refractivity contribution in [3.63, 3.8) is 0 Å². The zero-order chi connectivity index (χ0) is 13.1. The van der Waals surface area contributed by atoms with Crippen LogP contribution in [0.1, 0.15) is 34.1 Å². The first-order valence-corrected chi connectivity index (χ1v) is 6.13. The molecular formula is C12H23FN2O2. The van der Waals surface area contributed by atoms with Crippen molar-refractivity contribution in [2.24, 2.45) is 0 Å². The molecule has 1 rings (SSSR count). The molecule has 1 fully saturated rings. The van der Waals surface area contributed by atoms with E-state index in [0.717, 1.165) is 6.42 Å². The average Bonchev–Trinajstić information content (AvgIpc) is 2.60. The smallest absolute Gasteiger partial charge is 0.410 e. The summed E-state index contributed by atoms with van der Waals surface area (Å²) in [4.78, 5) is 13.4. The standard InChI is InChI=1S/C12H23FN2O2/c1-9(13)7-14-10-5-6-15(8-10)11(16)17-12(2,3)4/h9-10,14H,5-8H2,1-4H3. The maximum absolute atomic E-state index is 12.7. The fourth-order valence-corrected chi connectivity index (χ4v) is 1.75. The van der Waals surface area contributed by atoms with Gasteiger partial charge in [-0.3, -0.25) is 0 Å². The molecule has 0 aromatic carbocycles. The zero-order valence-electron chi connectivity index (χ0n) is 11.1. The number of halogens is 1. The quantitative estimate of drug-likeness (QED) is 0.827. The maximum Gasteiger partial charge on any atom is 0.410 e. The van der Waals surface area contributed by atoms with Crippen molar-refractivity contribution in [1.82, 2.24) is 10.2 Å². The fraction of sp³-hybridized carbons (Fsp3) is 0.917. The number of rotatable bonds is 3. The fourth-order valence-electron chi connectivity index (χ4n) is 1.75. The number of nitrogens with one attached hydrogen (secondary N) is 1. The summed E-state index contributed by atoms with van der Waals surface area (Å²) >= 11 is 0. The molecule has 2 unspecified atom stereocenters. The minimum absolute atomic E-state index is 0.181. The molecule has 5 heteroatoms. The third-order valence-electron chi connectivity index (χ3n) is 2.53. The summed E-state index contributed by atoms with van der Waals surface area (Å²) in [6.07, 6.45) is -0.285. The van der Waals surface area contributed by atoms with E-state index in [0.29, 0.717) is 19.6 Å². The molecule has 0 spiro atoms. The van der Waals surface area contributed by atoms with Crippen LogP contribution in [0.15, 0.2) is 0 Å². The van der Waals surface area contributed by atoms with Crippen LogP contribution in [-0.4, -0.2) is 48.4 Å². The highest BCUT2D eigenvalue weighted by molar-refractivity contribution is 5.68. The van der Waals surface area contributed by atoms with Gasteiger partial charge in [-0.2, -0.15) is 0 Å². The van der Waals surface area contributed by atoms with Gasteiger partial charge in [0.15, 0.2) is 0 Å². The molecule has 0 bridgehead atoms. The Morgan fingerprint density at radius 2 is 2.24 bits per heavy atom. The molecule has 1 saturated heterocycles. The number of alkyl halides is 1. The van der Waals surface area contributed by atoms with Crippen molar-refractivity contribution in [1.29, 1.82) is 0 Å². The van der Waals surface area contributed by atoms with Gasteiger partial charge in [-0.25, -0.2) is 9.18 Å². The average molecular weight is 246 g/mol. The number of nitrogens with zero attached hydrogens (tertiary/aromatic N) is 1. The lowest BCUT2D eigenvalue weighted by molar-refractivity contribution is 0.0291. The molecule has 100 valence electrons. The van der Waals surface area contributed by atoms with E-state index in [-0.39, 0.29) is 12.1 Å². The number of carbonyl (C=O) groups is 1. The molecule has 1 heterocycles. The van der Waals surface area contributed by atoms with Crippen molar-refractivity contribution in [3.8, 4) is 0 Å². The predicted molar refractivity (Wildman–Crippen MR) is 64.8 cm³/mol. The van der Waals surface area contributed by atoms with E-state index in [4.69, 9.17) is 4.74 Å². The van der Waals surface area contributed by atoms with Crippen molar-refractivity contribution in [2.45, 2.75) is 51.9 Å². The Balaban J connectivity index is 2.32. The first-order chi connectivity index (χ1) is 7.78. The maximum atomic E-state index is 12.7. The highest BCUT2D eigenvalue weighted by atomic mass is 19.1. The van der Waals surface area contributed by atoms with Gasteiger partial charge >= 0.3 is 6.09 Å². The second-order valence-electron chi connectivity index (χ2n) is 5.60. The van der Waals surface area contributed by atoms with Gasteiger partial charge in [-0.1, -0.05) is 0 Å². The lowest BCUT2D eigenvalue weighted by atomic mass is 10.2. The Bertz CT molecular complexity index is 264. The molecule has 2 atom stereocenters. The van der Waals surface area contributed by atoms with Gasteiger partial charge in [0.2, 0.25) is 0 Å². The molecule has 0 radical (unpaired) electrons. The number of carbonyl (C=O) groups excluding carboxylic acids is 1. The van der Waals surface area contributed by atoms with E-state index in [1.807, 2.05) is 20.8 Å². The van der Waals surface area contributed by atoms with Crippen LogP contribution in [0.4, 0.5) is 9.18 Å². The van der Waals surface area contributed by atoms with E-state index in [1.54, 1.807) is 4.90 Å². The van der Waals surface area contributed by atoms with Crippen LogP contribution in [0.2, 0.25) is 0 Å². The Morgan fingerprint density at radius 3 is 2.76 bits per heavy atom. The summed E-state index contributed by atoms with van der Waals surface area (Å²) in [5.41, 5.74) is -0.462. The second-order valence-corrected chi connectivity index (χ2v) is 5.60. The molecule has 1 aliphatic rings. The minimum atomic E-state index is -0.856. The number of amides is 1. The molecule has 0 saturated carbocycles. The van der Waals surface area contributed by atoms with Crippen LogP contribution < -0.4 is 5.32 Å². The van der Waals surface area contributed by atoms with Gasteiger partial charge in [0, 0.05) is 25.7 Å². The van der Waals surface area contributed by atoms with Crippen LogP contribution in [-0.2, 0) is 4.74 Å². The van der Waals surface area contributed by atoms with Crippen molar-refractivity contribution < 1.29 is 13.9 Å². The Labute approximate surface area is 102 Å². The summed E-state index contributed by atoms with van der Waals surface area (Å²) in [6, 6.07) is 0.181. The summed E-state index contributed by atoms with van der Waals surface area (Å²) in [5.74, 6) is 0. The van der Waals surface area contributed by atoms with E-state index >= 15 is 0 Å². The normalized spacial score (nSPS) is 22.6. The van der Waals surface area contributed by atoms with Crippen LogP contribution >= 0.6 is 0 Å². The first kappa shape index (κ1) is 14.2. The molecule has 0 aliphatic carbocycles. The van der Waals surface area contributed by atoms with Gasteiger partial charge in [0.05, 0.1) is 0 Å². The van der Waals surface area contributed by atoms with E-state index in [1.165, 1.54) is 6.92 Å². The van der Waals surface area contributed by atoms with Crippen molar-refractivity contribution in [3.05, 3.63) is 0 Å². The third-order valence-corrected chi connectivity index (χ3v) is 2.53. The molecule has 0 aromatic heterocycles. The number of likely N-dealkylation sites (tertiary alicyclic amines) is 1. The minimum Gasteiger partial charge on any atom is -0.444 e. The van der Waals surface area contributed by atoms with Crippen molar-refractivity contribution >= 4 is 6.09 Å². The number of ether oxygens (including phenoxy) is 1. The van der Waals surface area contributed by atoms with E-state index in [2.05, 4.69) is 5.32 Å². The number of hydrogen-bond donors (Lipinski definition) is 1. The lowest BCUT2D eigenvalue weighted by Gasteiger charge is -2.24. The third kappa shape index (κ3) is 5.35. The van der Waals surface area contributed by atoms with Gasteiger partial charge in [-0.15, -0.1) is 0 Å². The van der Waals surface area contributed by atoms with Gasteiger partial charge in [-0.05, 0) is 34.1 Å². The summed E-state index contributed by atoms with van der Waals surface area (Å²) in [6.45, 7) is 8.68. The van der Waals surface area contributed by atoms with Crippen LogP contribution in [0, 0.1) is 0 Å². The Hall–Kier alpha value is -0.840. The molecule has 0 aromatic rings. The summed E-state index contributed by atoms with van der Waals surface area (Å²) in [7, 11) is 0. The topological polar surface area (TPSA) is 41.6 Å². The highest BCUT2D eigenvalue weighted by Crippen LogP contribution is 2.15. The number of hydrogen-bond acceptors (Lipinski definition) is 3. The largest absolute Gasteiger partial charge is 0.444 e. The second kappa shape index (κ2) is 5.67. The van der Waals surface area contributed by atoms with Crippen LogP contribution in [0.5, 0.6) is 0 Å². The molecular weight excluding hydrogens is 223 g/mol. The van der Waals surface area contributed by atoms with E-state index in [9.17, 15) is 9.18 Å². The first-order valence-electron chi connectivity index (χ1n) is 6.13. The van der Waals surface area contributed by atoms with Gasteiger partial charge in [0.1, 0.15) is 11.8 Å². The SMILES string of the molecule is CC(F)CNC1CCN(C(=O)OC(C)(C)C)C1. The highest BCUT2D eigenvalue weighted by Gasteiger charge is 2.29. The summed E-state index contributed by atoms with van der Waals surface area (Å²) < 4.78 is 17.9. The van der Waals surface area contributed by atoms with Crippen molar-refractivity contribution in [2.75, 3.05) is 19.6 Å². The predicted octanol–water partition coefficient (Wildman–Crippen LogP) is 1.94. The van der Waals surface area contributed by atoms with Crippen LogP contribution in [0.3, 0.4) is 0 Å². The lowest BCUT2D eigenvalue weighted by Crippen LogP contribution is -2.39. The Kier molecular flexibility index (Phi) is 4.74. The molecule has 1 aliphatic heterocycles. The molecule has 17 heavy (non-hydrogen) atoms. The zero-order valence-corrected chi connectivity index (χ0v) is 11.1. The Morgan fingerprint density at radius 1 is 1.59 bits per heavy atom. The van der Waals surface area contributed by atoms with Gasteiger partial charge < -0.3 is 15.0 Å². The van der Waals surface area contributed by atoms with E-state index < -0.39 is 11.8 Å². The summed E-state index contributed by atoms with van der Waals surface area (Å²) in [5, 5.41) is 3.10. The molecule has 1 amide bonds.